The molecule has 0 aromatic carbocycles. The monoisotopic (exact) mass is 155 g/mol. The summed E-state index contributed by atoms with van der Waals surface area (Å²) in [5.41, 5.74) is 0. The zero-order chi connectivity index (χ0) is 7.78. The average Bonchev–Trinajstić information content (AvgIpc) is 2.64. The van der Waals surface area contributed by atoms with E-state index in [-0.39, 0.29) is 0 Å². The number of H-pyrrole nitrogens is 1. The summed E-state index contributed by atoms with van der Waals surface area (Å²) in [6, 6.07) is 1.83. The van der Waals surface area contributed by atoms with E-state index in [1.54, 1.807) is 12.4 Å². The lowest BCUT2D eigenvalue weighted by atomic mass is 10.5. The van der Waals surface area contributed by atoms with Crippen LogP contribution in [0.15, 0.2) is 18.5 Å². The van der Waals surface area contributed by atoms with E-state index in [1.165, 1.54) is 0 Å². The van der Waals surface area contributed by atoms with Crippen molar-refractivity contribution in [1.82, 2.24) is 15.5 Å². The van der Waals surface area contributed by atoms with Crippen molar-refractivity contribution in [3.05, 3.63) is 18.5 Å². The van der Waals surface area contributed by atoms with Crippen LogP contribution in [-0.4, -0.2) is 36.5 Å². The minimum atomic E-state index is 0.889. The number of morpholine rings is 1. The number of aromatic amines is 1. The van der Waals surface area contributed by atoms with Gasteiger partial charge in [0.05, 0.1) is 13.2 Å². The molecule has 0 atom stereocenters. The Kier molecular flexibility index (Phi) is 4.40. The normalized spacial score (nSPS) is 16.7. The molecule has 62 valence electrons. The number of hydrogen-bond acceptors (Lipinski definition) is 3. The Labute approximate surface area is 66.0 Å². The molecule has 4 heteroatoms. The van der Waals surface area contributed by atoms with Crippen molar-refractivity contribution in [3.63, 3.8) is 0 Å². The largest absolute Gasteiger partial charge is 0.379 e. The molecule has 11 heavy (non-hydrogen) atoms. The summed E-state index contributed by atoms with van der Waals surface area (Å²) in [6.45, 7) is 3.83. The van der Waals surface area contributed by atoms with Crippen LogP contribution in [-0.2, 0) is 4.74 Å². The van der Waals surface area contributed by atoms with Gasteiger partial charge >= 0.3 is 0 Å². The molecule has 1 aromatic heterocycles. The molecule has 4 nitrogen and oxygen atoms in total. The Morgan fingerprint density at radius 1 is 1.27 bits per heavy atom. The van der Waals surface area contributed by atoms with E-state index in [2.05, 4.69) is 15.5 Å². The molecule has 0 spiro atoms. The Morgan fingerprint density at radius 3 is 2.27 bits per heavy atom. The second-order valence-corrected chi connectivity index (χ2v) is 2.13. The highest BCUT2D eigenvalue weighted by molar-refractivity contribution is 4.72. The molecular weight excluding hydrogens is 142 g/mol. The van der Waals surface area contributed by atoms with Gasteiger partial charge in [-0.1, -0.05) is 0 Å². The Balaban J connectivity index is 0.000000112. The lowest BCUT2D eigenvalue weighted by Crippen LogP contribution is -2.30. The first kappa shape index (κ1) is 8.23. The van der Waals surface area contributed by atoms with E-state index in [0.29, 0.717) is 0 Å². The van der Waals surface area contributed by atoms with Gasteiger partial charge in [-0.3, -0.25) is 5.10 Å². The van der Waals surface area contributed by atoms with Gasteiger partial charge < -0.3 is 10.1 Å². The van der Waals surface area contributed by atoms with Crippen LogP contribution in [0.25, 0.3) is 0 Å². The molecule has 2 rings (SSSR count). The highest BCUT2D eigenvalue weighted by Crippen LogP contribution is 1.76. The zero-order valence-corrected chi connectivity index (χ0v) is 6.42. The van der Waals surface area contributed by atoms with Gasteiger partial charge in [-0.15, -0.1) is 0 Å². The first-order valence-electron chi connectivity index (χ1n) is 3.72. The minimum absolute atomic E-state index is 0.889. The second-order valence-electron chi connectivity index (χ2n) is 2.13. The highest BCUT2D eigenvalue weighted by atomic mass is 16.5. The van der Waals surface area contributed by atoms with E-state index in [0.717, 1.165) is 26.3 Å². The molecule has 0 radical (unpaired) electrons. The van der Waals surface area contributed by atoms with Crippen molar-refractivity contribution in [1.29, 1.82) is 0 Å². The molecule has 1 aliphatic heterocycles. The smallest absolute Gasteiger partial charge is 0.0591 e. The molecule has 0 unspecified atom stereocenters. The quantitative estimate of drug-likeness (QED) is 0.555. The van der Waals surface area contributed by atoms with Crippen LogP contribution in [0.3, 0.4) is 0 Å². The van der Waals surface area contributed by atoms with Crippen LogP contribution in [0, 0.1) is 0 Å². The van der Waals surface area contributed by atoms with Gasteiger partial charge in [-0.05, 0) is 6.07 Å². The van der Waals surface area contributed by atoms with E-state index in [9.17, 15) is 0 Å². The van der Waals surface area contributed by atoms with Crippen molar-refractivity contribution in [2.24, 2.45) is 0 Å². The third-order valence-corrected chi connectivity index (χ3v) is 1.25. The maximum Gasteiger partial charge on any atom is 0.0591 e. The Bertz CT molecular complexity index is 120. The van der Waals surface area contributed by atoms with Gasteiger partial charge in [0, 0.05) is 25.5 Å². The first-order chi connectivity index (χ1) is 5.50. The SMILES string of the molecule is C1COCCN1.c1cn[nH]c1. The molecule has 1 fully saturated rings. The van der Waals surface area contributed by atoms with E-state index in [1.807, 2.05) is 6.07 Å². The van der Waals surface area contributed by atoms with Crippen molar-refractivity contribution in [2.75, 3.05) is 26.3 Å². The fraction of sp³-hybridized carbons (Fsp3) is 0.571. The van der Waals surface area contributed by atoms with Gasteiger partial charge in [0.25, 0.3) is 0 Å². The van der Waals surface area contributed by atoms with Crippen LogP contribution < -0.4 is 5.32 Å². The lowest BCUT2D eigenvalue weighted by molar-refractivity contribution is 0.109. The average molecular weight is 155 g/mol. The standard InChI is InChI=1S/C4H9NO.C3H4N2/c1-3-6-4-2-5-1;1-2-4-5-3-1/h5H,1-4H2;1-3H,(H,4,5). The van der Waals surface area contributed by atoms with Gasteiger partial charge in [-0.2, -0.15) is 5.10 Å². The maximum absolute atomic E-state index is 5.01. The molecular formula is C7H13N3O. The number of aromatic nitrogens is 2. The van der Waals surface area contributed by atoms with Crippen LogP contribution >= 0.6 is 0 Å². The summed E-state index contributed by atoms with van der Waals surface area (Å²) >= 11 is 0. The van der Waals surface area contributed by atoms with Gasteiger partial charge in [0.15, 0.2) is 0 Å². The first-order valence-corrected chi connectivity index (χ1v) is 3.72. The molecule has 1 aromatic rings. The molecule has 1 aliphatic rings. The van der Waals surface area contributed by atoms with Gasteiger partial charge in [-0.25, -0.2) is 0 Å². The summed E-state index contributed by atoms with van der Waals surface area (Å²) in [6.07, 6.45) is 3.46. The van der Waals surface area contributed by atoms with Crippen molar-refractivity contribution in [3.8, 4) is 0 Å². The minimum Gasteiger partial charge on any atom is -0.379 e. The highest BCUT2D eigenvalue weighted by Gasteiger charge is 1.92. The molecule has 2 N–H and O–H groups in total. The van der Waals surface area contributed by atoms with Crippen molar-refractivity contribution in [2.45, 2.75) is 0 Å². The van der Waals surface area contributed by atoms with Gasteiger partial charge in [0.1, 0.15) is 0 Å². The number of rotatable bonds is 0. The summed E-state index contributed by atoms with van der Waals surface area (Å²) in [5.74, 6) is 0. The number of ether oxygens (including phenoxy) is 1. The third kappa shape index (κ3) is 4.52. The molecule has 0 amide bonds. The predicted octanol–water partition coefficient (Wildman–Crippen LogP) is 0.0159. The molecule has 2 heterocycles. The lowest BCUT2D eigenvalue weighted by Gasteiger charge is -2.10. The molecule has 0 bridgehead atoms. The summed E-state index contributed by atoms with van der Waals surface area (Å²) in [5, 5.41) is 9.37. The zero-order valence-electron chi connectivity index (χ0n) is 6.42. The summed E-state index contributed by atoms with van der Waals surface area (Å²) in [7, 11) is 0. The topological polar surface area (TPSA) is 49.9 Å². The van der Waals surface area contributed by atoms with Crippen molar-refractivity contribution < 1.29 is 4.74 Å². The van der Waals surface area contributed by atoms with E-state index in [4.69, 9.17) is 4.74 Å². The fourth-order valence-electron chi connectivity index (χ4n) is 0.731. The van der Waals surface area contributed by atoms with E-state index >= 15 is 0 Å². The van der Waals surface area contributed by atoms with Gasteiger partial charge in [0.2, 0.25) is 0 Å². The maximum atomic E-state index is 5.01. The van der Waals surface area contributed by atoms with Crippen molar-refractivity contribution >= 4 is 0 Å². The molecule has 0 saturated carbocycles. The second kappa shape index (κ2) is 5.88. The summed E-state index contributed by atoms with van der Waals surface area (Å²) in [4.78, 5) is 0. The molecule has 0 aliphatic carbocycles. The Morgan fingerprint density at radius 2 is 2.09 bits per heavy atom. The predicted molar refractivity (Wildman–Crippen MR) is 42.3 cm³/mol. The Hall–Kier alpha value is -0.870. The summed E-state index contributed by atoms with van der Waals surface area (Å²) < 4.78 is 5.01. The number of hydrogen-bond donors (Lipinski definition) is 2. The van der Waals surface area contributed by atoms with Crippen LogP contribution in [0.2, 0.25) is 0 Å². The number of nitrogens with one attached hydrogen (secondary N) is 2. The third-order valence-electron chi connectivity index (χ3n) is 1.25. The fourth-order valence-corrected chi connectivity index (χ4v) is 0.731. The molecule has 1 saturated heterocycles. The van der Waals surface area contributed by atoms with E-state index < -0.39 is 0 Å². The van der Waals surface area contributed by atoms with Crippen LogP contribution in [0.1, 0.15) is 0 Å². The van der Waals surface area contributed by atoms with Crippen LogP contribution in [0.4, 0.5) is 0 Å². The number of nitrogens with zero attached hydrogens (tertiary/aromatic N) is 1. The van der Waals surface area contributed by atoms with Crippen LogP contribution in [0.5, 0.6) is 0 Å².